The van der Waals surface area contributed by atoms with E-state index < -0.39 is 0 Å². The quantitative estimate of drug-likeness (QED) is 0.587. The monoisotopic (exact) mass is 288 g/mol. The smallest absolute Gasteiger partial charge is 0.181 e. The lowest BCUT2D eigenvalue weighted by molar-refractivity contribution is 0.572. The third kappa shape index (κ3) is 3.02. The number of aromatic nitrogens is 1. The van der Waals surface area contributed by atoms with Gasteiger partial charge >= 0.3 is 0 Å². The average molecular weight is 288 g/mol. The molecule has 3 aromatic rings. The van der Waals surface area contributed by atoms with Gasteiger partial charge in [-0.2, -0.15) is 10.4 Å². The fraction of sp³-hybridized carbons (Fsp3) is 0. The molecule has 0 aliphatic carbocycles. The zero-order chi connectivity index (χ0) is 15.2. The Hall–Kier alpha value is -3.39. The Bertz CT molecular complexity index is 800. The van der Waals surface area contributed by atoms with Crippen molar-refractivity contribution in [1.82, 2.24) is 4.98 Å². The lowest BCUT2D eigenvalue weighted by Gasteiger charge is -2.03. The van der Waals surface area contributed by atoms with Crippen LogP contribution in [0, 0.1) is 11.3 Å². The van der Waals surface area contributed by atoms with Gasteiger partial charge in [0.25, 0.3) is 0 Å². The summed E-state index contributed by atoms with van der Waals surface area (Å²) < 4.78 is 5.23. The molecule has 106 valence electrons. The number of benzene rings is 2. The Morgan fingerprint density at radius 2 is 1.86 bits per heavy atom. The van der Waals surface area contributed by atoms with Gasteiger partial charge in [-0.3, -0.25) is 5.43 Å². The van der Waals surface area contributed by atoms with Crippen molar-refractivity contribution in [1.29, 1.82) is 5.26 Å². The summed E-state index contributed by atoms with van der Waals surface area (Å²) in [5.41, 5.74) is 5.70. The molecule has 0 amide bonds. The first-order valence-corrected chi connectivity index (χ1v) is 6.65. The fourth-order valence-corrected chi connectivity index (χ4v) is 1.94. The van der Waals surface area contributed by atoms with E-state index >= 15 is 0 Å². The molecule has 0 bridgehead atoms. The average Bonchev–Trinajstić information content (AvgIpc) is 3.11. The predicted molar refractivity (Wildman–Crippen MR) is 84.2 cm³/mol. The molecule has 2 aromatic carbocycles. The molecular formula is C17H12N4O. The van der Waals surface area contributed by atoms with Gasteiger partial charge < -0.3 is 4.42 Å². The molecule has 3 rings (SSSR count). The molecule has 0 spiro atoms. The van der Waals surface area contributed by atoms with Crippen molar-refractivity contribution >= 4 is 11.4 Å². The van der Waals surface area contributed by atoms with Crippen molar-refractivity contribution < 1.29 is 4.42 Å². The van der Waals surface area contributed by atoms with Gasteiger partial charge in [0.05, 0.1) is 11.9 Å². The van der Waals surface area contributed by atoms with Gasteiger partial charge in [-0.1, -0.05) is 30.3 Å². The molecule has 0 aliphatic heterocycles. The molecule has 22 heavy (non-hydrogen) atoms. The van der Waals surface area contributed by atoms with Gasteiger partial charge in [0, 0.05) is 11.1 Å². The number of nitriles is 1. The van der Waals surface area contributed by atoms with Crippen LogP contribution in [0.2, 0.25) is 0 Å². The number of hydrogen-bond donors (Lipinski definition) is 1. The van der Waals surface area contributed by atoms with E-state index in [1.165, 1.54) is 6.39 Å². The number of rotatable bonds is 4. The van der Waals surface area contributed by atoms with Crippen LogP contribution in [-0.4, -0.2) is 10.7 Å². The van der Waals surface area contributed by atoms with E-state index in [-0.39, 0.29) is 0 Å². The maximum atomic E-state index is 9.19. The highest BCUT2D eigenvalue weighted by molar-refractivity contribution is 6.11. The van der Waals surface area contributed by atoms with Gasteiger partial charge in [-0.25, -0.2) is 4.98 Å². The Balaban J connectivity index is 1.76. The van der Waals surface area contributed by atoms with Crippen molar-refractivity contribution in [2.75, 3.05) is 5.43 Å². The van der Waals surface area contributed by atoms with E-state index in [1.807, 2.05) is 54.6 Å². The maximum Gasteiger partial charge on any atom is 0.181 e. The van der Waals surface area contributed by atoms with Crippen molar-refractivity contribution in [2.24, 2.45) is 5.10 Å². The number of nitrogens with one attached hydrogen (secondary N) is 1. The van der Waals surface area contributed by atoms with Gasteiger partial charge in [0.2, 0.25) is 0 Å². The van der Waals surface area contributed by atoms with Crippen LogP contribution in [0.15, 0.2) is 76.7 Å². The summed E-state index contributed by atoms with van der Waals surface area (Å²) >= 11 is 0. The summed E-state index contributed by atoms with van der Waals surface area (Å²) in [7, 11) is 0. The van der Waals surface area contributed by atoms with E-state index in [0.717, 1.165) is 16.8 Å². The second-order valence-electron chi connectivity index (χ2n) is 4.49. The van der Waals surface area contributed by atoms with Crippen LogP contribution in [0.4, 0.5) is 5.69 Å². The second-order valence-corrected chi connectivity index (χ2v) is 4.49. The summed E-state index contributed by atoms with van der Waals surface area (Å²) in [6.07, 6.45) is 3.05. The topological polar surface area (TPSA) is 74.2 Å². The zero-order valence-electron chi connectivity index (χ0n) is 11.6. The molecule has 0 aliphatic rings. The highest BCUT2D eigenvalue weighted by Crippen LogP contribution is 2.20. The fourth-order valence-electron chi connectivity index (χ4n) is 1.94. The normalized spacial score (nSPS) is 11.0. The van der Waals surface area contributed by atoms with E-state index in [0.29, 0.717) is 11.5 Å². The van der Waals surface area contributed by atoms with E-state index in [1.54, 1.807) is 6.20 Å². The molecule has 0 saturated carbocycles. The standard InChI is InChI=1S/C17H12N4O/c18-10-16(13-4-2-1-3-5-13)21-20-15-8-6-14(7-9-15)17-11-19-12-22-17/h1-9,11-12,20H/b21-16-. The molecular weight excluding hydrogens is 276 g/mol. The Kier molecular flexibility index (Phi) is 3.94. The minimum Gasteiger partial charge on any atom is -0.444 e. The van der Waals surface area contributed by atoms with Crippen LogP contribution >= 0.6 is 0 Å². The van der Waals surface area contributed by atoms with Crippen molar-refractivity contribution in [2.45, 2.75) is 0 Å². The molecule has 1 N–H and O–H groups in total. The van der Waals surface area contributed by atoms with Crippen molar-refractivity contribution in [3.8, 4) is 17.4 Å². The number of hydrogen-bond acceptors (Lipinski definition) is 5. The maximum absolute atomic E-state index is 9.19. The number of hydrazone groups is 1. The zero-order valence-corrected chi connectivity index (χ0v) is 11.6. The first kappa shape index (κ1) is 13.6. The molecule has 0 saturated heterocycles. The Labute approximate surface area is 127 Å². The number of nitrogens with zero attached hydrogens (tertiary/aromatic N) is 3. The minimum atomic E-state index is 0.333. The number of oxazole rings is 1. The Morgan fingerprint density at radius 1 is 1.09 bits per heavy atom. The van der Waals surface area contributed by atoms with E-state index in [4.69, 9.17) is 4.42 Å². The SMILES string of the molecule is N#C/C(=N/Nc1ccc(-c2cnco2)cc1)c1ccccc1. The van der Waals surface area contributed by atoms with Crippen LogP contribution < -0.4 is 5.43 Å². The predicted octanol–water partition coefficient (Wildman–Crippen LogP) is 3.68. The summed E-state index contributed by atoms with van der Waals surface area (Å²) in [5, 5.41) is 13.3. The first-order valence-electron chi connectivity index (χ1n) is 6.65. The third-order valence-electron chi connectivity index (χ3n) is 3.05. The van der Waals surface area contributed by atoms with E-state index in [9.17, 15) is 5.26 Å². The van der Waals surface area contributed by atoms with Crippen molar-refractivity contribution in [3.63, 3.8) is 0 Å². The molecule has 1 heterocycles. The third-order valence-corrected chi connectivity index (χ3v) is 3.05. The van der Waals surface area contributed by atoms with Crippen LogP contribution in [-0.2, 0) is 0 Å². The van der Waals surface area contributed by atoms with Crippen LogP contribution in [0.5, 0.6) is 0 Å². The number of anilines is 1. The van der Waals surface area contributed by atoms with Crippen molar-refractivity contribution in [3.05, 3.63) is 72.8 Å². The molecule has 0 fully saturated rings. The molecule has 0 radical (unpaired) electrons. The molecule has 0 atom stereocenters. The van der Waals surface area contributed by atoms with E-state index in [2.05, 4.69) is 21.6 Å². The minimum absolute atomic E-state index is 0.333. The lowest BCUT2D eigenvalue weighted by atomic mass is 10.1. The largest absolute Gasteiger partial charge is 0.444 e. The van der Waals surface area contributed by atoms with Crippen LogP contribution in [0.1, 0.15) is 5.56 Å². The van der Waals surface area contributed by atoms with Gasteiger partial charge in [-0.15, -0.1) is 0 Å². The molecule has 1 aromatic heterocycles. The summed E-state index contributed by atoms with van der Waals surface area (Å²) in [4.78, 5) is 3.88. The molecule has 5 heteroatoms. The Morgan fingerprint density at radius 3 is 2.50 bits per heavy atom. The lowest BCUT2D eigenvalue weighted by Crippen LogP contribution is -2.01. The summed E-state index contributed by atoms with van der Waals surface area (Å²) in [6.45, 7) is 0. The molecule has 0 unspecified atom stereocenters. The first-order chi connectivity index (χ1) is 10.9. The highest BCUT2D eigenvalue weighted by Gasteiger charge is 2.03. The molecule has 5 nitrogen and oxygen atoms in total. The van der Waals surface area contributed by atoms with Crippen LogP contribution in [0.25, 0.3) is 11.3 Å². The highest BCUT2D eigenvalue weighted by atomic mass is 16.3. The van der Waals surface area contributed by atoms with Crippen LogP contribution in [0.3, 0.4) is 0 Å². The van der Waals surface area contributed by atoms with Gasteiger partial charge in [0.15, 0.2) is 17.9 Å². The van der Waals surface area contributed by atoms with Gasteiger partial charge in [0.1, 0.15) is 6.07 Å². The summed E-state index contributed by atoms with van der Waals surface area (Å²) in [5.74, 6) is 0.706. The second kappa shape index (κ2) is 6.37. The van der Waals surface area contributed by atoms with Gasteiger partial charge in [-0.05, 0) is 24.3 Å². The summed E-state index contributed by atoms with van der Waals surface area (Å²) in [6, 6.07) is 18.9.